The summed E-state index contributed by atoms with van der Waals surface area (Å²) in [7, 11) is -1.94. The molecular weight excluding hydrogens is 406 g/mol. The van der Waals surface area contributed by atoms with Crippen LogP contribution in [-0.2, 0) is 16.6 Å². The highest BCUT2D eigenvalue weighted by molar-refractivity contribution is 7.91. The fourth-order valence-corrected chi connectivity index (χ4v) is 4.85. The lowest BCUT2D eigenvalue weighted by Gasteiger charge is -2.20. The number of sulfonamides is 1. The van der Waals surface area contributed by atoms with E-state index in [2.05, 4.69) is 26.6 Å². The van der Waals surface area contributed by atoms with Gasteiger partial charge in [-0.15, -0.1) is 11.3 Å². The third kappa shape index (κ3) is 5.35. The van der Waals surface area contributed by atoms with E-state index in [0.717, 1.165) is 46.4 Å². The molecule has 0 saturated carbocycles. The lowest BCUT2D eigenvalue weighted by Crippen LogP contribution is -2.44. The minimum absolute atomic E-state index is 0.162. The molecule has 3 rings (SSSR count). The molecule has 1 aromatic carbocycles. The number of aliphatic imine (C=N–C) groups is 1. The normalized spacial score (nSPS) is 18.0. The van der Waals surface area contributed by atoms with Gasteiger partial charge >= 0.3 is 0 Å². The molecule has 1 aliphatic heterocycles. The maximum atomic E-state index is 11.4. The van der Waals surface area contributed by atoms with E-state index < -0.39 is 10.0 Å². The second kappa shape index (κ2) is 8.47. The first kappa shape index (κ1) is 19.9. The summed E-state index contributed by atoms with van der Waals surface area (Å²) in [6.07, 6.45) is 0.988. The average molecular weight is 428 g/mol. The van der Waals surface area contributed by atoms with E-state index in [9.17, 15) is 8.42 Å². The zero-order valence-corrected chi connectivity index (χ0v) is 17.2. The number of thiophene rings is 1. The van der Waals surface area contributed by atoms with Gasteiger partial charge in [-0.25, -0.2) is 13.6 Å². The van der Waals surface area contributed by atoms with Crippen molar-refractivity contribution >= 4 is 44.6 Å². The molecule has 1 fully saturated rings. The van der Waals surface area contributed by atoms with Gasteiger partial charge in [0.05, 0.1) is 6.54 Å². The fourth-order valence-electron chi connectivity index (χ4n) is 2.95. The number of guanidine groups is 1. The summed E-state index contributed by atoms with van der Waals surface area (Å²) in [6, 6.07) is 11.4. The maximum Gasteiger partial charge on any atom is 0.247 e. The Labute approximate surface area is 168 Å². The highest BCUT2D eigenvalue weighted by atomic mass is 35.5. The number of hydrogen-bond acceptors (Lipinski definition) is 5. The average Bonchev–Trinajstić information content (AvgIpc) is 3.28. The molecule has 0 bridgehead atoms. The van der Waals surface area contributed by atoms with Crippen molar-refractivity contribution in [1.29, 1.82) is 0 Å². The lowest BCUT2D eigenvalue weighted by atomic mass is 10.3. The number of nitrogens with two attached hydrogens (primary N) is 1. The summed E-state index contributed by atoms with van der Waals surface area (Å²) in [5, 5.41) is 12.5. The first-order chi connectivity index (χ1) is 12.8. The molecule has 10 heteroatoms. The van der Waals surface area contributed by atoms with Crippen LogP contribution < -0.4 is 20.7 Å². The molecule has 0 amide bonds. The van der Waals surface area contributed by atoms with Gasteiger partial charge < -0.3 is 15.5 Å². The third-order valence-electron chi connectivity index (χ3n) is 4.27. The Morgan fingerprint density at radius 2 is 2.22 bits per heavy atom. The van der Waals surface area contributed by atoms with Gasteiger partial charge in [0, 0.05) is 41.8 Å². The molecule has 0 aliphatic carbocycles. The van der Waals surface area contributed by atoms with Gasteiger partial charge in [0.25, 0.3) is 0 Å². The molecule has 1 unspecified atom stereocenters. The van der Waals surface area contributed by atoms with Crippen molar-refractivity contribution in [2.24, 2.45) is 10.1 Å². The van der Waals surface area contributed by atoms with Crippen LogP contribution in [0.2, 0.25) is 5.02 Å². The molecule has 7 nitrogen and oxygen atoms in total. The van der Waals surface area contributed by atoms with Crippen molar-refractivity contribution in [3.63, 3.8) is 0 Å². The number of nitrogens with one attached hydrogen (secondary N) is 2. The highest BCUT2D eigenvalue weighted by Crippen LogP contribution is 2.23. The number of halogens is 1. The molecule has 1 saturated heterocycles. The Balaban J connectivity index is 1.53. The van der Waals surface area contributed by atoms with Crippen LogP contribution in [0.4, 0.5) is 5.69 Å². The summed E-state index contributed by atoms with van der Waals surface area (Å²) >= 11 is 7.23. The minimum Gasteiger partial charge on any atom is -0.369 e. The zero-order chi connectivity index (χ0) is 19.4. The molecule has 1 atom stereocenters. The number of primary sulfonamides is 1. The van der Waals surface area contributed by atoms with E-state index in [1.165, 1.54) is 6.07 Å². The topological polar surface area (TPSA) is 99.8 Å². The molecule has 2 heterocycles. The van der Waals surface area contributed by atoms with Crippen molar-refractivity contribution < 1.29 is 8.42 Å². The maximum absolute atomic E-state index is 11.4. The van der Waals surface area contributed by atoms with E-state index in [0.29, 0.717) is 12.5 Å². The summed E-state index contributed by atoms with van der Waals surface area (Å²) in [5.41, 5.74) is 1.11. The minimum atomic E-state index is -3.65. The second-order valence-corrected chi connectivity index (χ2v) is 9.64. The number of hydrogen-bond donors (Lipinski definition) is 3. The third-order valence-corrected chi connectivity index (χ3v) is 7.03. The van der Waals surface area contributed by atoms with E-state index >= 15 is 0 Å². The highest BCUT2D eigenvalue weighted by Gasteiger charge is 2.23. The van der Waals surface area contributed by atoms with Gasteiger partial charge in [-0.3, -0.25) is 4.99 Å². The Bertz CT molecular complexity index is 929. The predicted molar refractivity (Wildman–Crippen MR) is 111 cm³/mol. The van der Waals surface area contributed by atoms with Gasteiger partial charge in [-0.05, 0) is 36.8 Å². The molecule has 4 N–H and O–H groups in total. The lowest BCUT2D eigenvalue weighted by molar-refractivity contribution is 0.600. The van der Waals surface area contributed by atoms with Gasteiger partial charge in [-0.1, -0.05) is 17.7 Å². The standard InChI is InChI=1S/C17H22ClN5O2S2/c1-20-17(21-10-15-5-6-16(26-15)27(19,24)25)22-13-7-8-23(11-13)14-4-2-3-12(18)9-14/h2-6,9,13H,7-8,10-11H2,1H3,(H2,19,24,25)(H2,20,21,22). The molecule has 2 aromatic rings. The largest absolute Gasteiger partial charge is 0.369 e. The Kier molecular flexibility index (Phi) is 6.25. The number of nitrogens with zero attached hydrogens (tertiary/aromatic N) is 2. The number of anilines is 1. The number of benzene rings is 1. The van der Waals surface area contributed by atoms with Crippen LogP contribution in [0, 0.1) is 0 Å². The Hall–Kier alpha value is -1.81. The van der Waals surface area contributed by atoms with Crippen molar-refractivity contribution in [3.8, 4) is 0 Å². The molecule has 27 heavy (non-hydrogen) atoms. The van der Waals surface area contributed by atoms with Crippen molar-refractivity contribution in [2.45, 2.75) is 23.2 Å². The number of rotatable bonds is 5. The van der Waals surface area contributed by atoms with Crippen LogP contribution >= 0.6 is 22.9 Å². The quantitative estimate of drug-likeness (QED) is 0.500. The first-order valence-electron chi connectivity index (χ1n) is 8.44. The van der Waals surface area contributed by atoms with Crippen LogP contribution in [0.1, 0.15) is 11.3 Å². The summed E-state index contributed by atoms with van der Waals surface area (Å²) in [6.45, 7) is 2.28. The van der Waals surface area contributed by atoms with E-state index in [1.807, 2.05) is 18.2 Å². The van der Waals surface area contributed by atoms with Gasteiger partial charge in [0.1, 0.15) is 4.21 Å². The van der Waals surface area contributed by atoms with E-state index in [-0.39, 0.29) is 10.3 Å². The molecule has 0 radical (unpaired) electrons. The van der Waals surface area contributed by atoms with E-state index in [4.69, 9.17) is 16.7 Å². The summed E-state index contributed by atoms with van der Waals surface area (Å²) in [5.74, 6) is 0.679. The van der Waals surface area contributed by atoms with Crippen LogP contribution in [0.25, 0.3) is 0 Å². The van der Waals surface area contributed by atoms with Gasteiger partial charge in [-0.2, -0.15) is 0 Å². The Morgan fingerprint density at radius 3 is 2.89 bits per heavy atom. The van der Waals surface area contributed by atoms with Crippen LogP contribution in [0.3, 0.4) is 0 Å². The SMILES string of the molecule is CN=C(NCc1ccc(S(N)(=O)=O)s1)NC1CCN(c2cccc(Cl)c2)C1. The summed E-state index contributed by atoms with van der Waals surface area (Å²) in [4.78, 5) is 7.41. The predicted octanol–water partition coefficient (Wildman–Crippen LogP) is 1.99. The molecule has 1 aliphatic rings. The molecule has 146 valence electrons. The first-order valence-corrected chi connectivity index (χ1v) is 11.2. The monoisotopic (exact) mass is 427 g/mol. The van der Waals surface area contributed by atoms with Gasteiger partial charge in [0.15, 0.2) is 5.96 Å². The van der Waals surface area contributed by atoms with Crippen LogP contribution in [-0.4, -0.2) is 40.6 Å². The van der Waals surface area contributed by atoms with Crippen molar-refractivity contribution in [3.05, 3.63) is 46.3 Å². The summed E-state index contributed by atoms with van der Waals surface area (Å²) < 4.78 is 22.9. The van der Waals surface area contributed by atoms with E-state index in [1.54, 1.807) is 13.1 Å². The fraction of sp³-hybridized carbons (Fsp3) is 0.353. The molecular formula is C17H22ClN5O2S2. The second-order valence-electron chi connectivity index (χ2n) is 6.25. The van der Waals surface area contributed by atoms with Crippen molar-refractivity contribution in [2.75, 3.05) is 25.0 Å². The molecule has 1 aromatic heterocycles. The smallest absolute Gasteiger partial charge is 0.247 e. The van der Waals surface area contributed by atoms with Gasteiger partial charge in [0.2, 0.25) is 10.0 Å². The van der Waals surface area contributed by atoms with Crippen LogP contribution in [0.15, 0.2) is 45.6 Å². The molecule has 0 spiro atoms. The zero-order valence-electron chi connectivity index (χ0n) is 14.9. The Morgan fingerprint density at radius 1 is 1.41 bits per heavy atom. The van der Waals surface area contributed by atoms with Crippen LogP contribution in [0.5, 0.6) is 0 Å². The van der Waals surface area contributed by atoms with Crippen molar-refractivity contribution in [1.82, 2.24) is 10.6 Å².